The molecule has 3 heterocycles. The first-order chi connectivity index (χ1) is 15.7. The van der Waals surface area contributed by atoms with Gasteiger partial charge in [-0.3, -0.25) is 0 Å². The van der Waals surface area contributed by atoms with E-state index in [0.717, 1.165) is 49.0 Å². The van der Waals surface area contributed by atoms with Gasteiger partial charge in [-0.15, -0.1) is 0 Å². The van der Waals surface area contributed by atoms with Crippen molar-refractivity contribution in [2.75, 3.05) is 54.0 Å². The minimum atomic E-state index is 0.0709. The molecule has 1 unspecified atom stereocenters. The predicted octanol–water partition coefficient (Wildman–Crippen LogP) is 3.14. The lowest BCUT2D eigenvalue weighted by Crippen LogP contribution is -2.29. The maximum absolute atomic E-state index is 6.26. The Hall–Kier alpha value is -2.48. The number of nitrogens with zero attached hydrogens (tertiary/aromatic N) is 1. The highest BCUT2D eigenvalue weighted by atomic mass is 16.7. The Bertz CT molecular complexity index is 933. The highest BCUT2D eigenvalue weighted by Crippen LogP contribution is 2.38. The van der Waals surface area contributed by atoms with Gasteiger partial charge in [0, 0.05) is 6.54 Å². The first kappa shape index (κ1) is 21.4. The number of rotatable bonds is 9. The van der Waals surface area contributed by atoms with Gasteiger partial charge in [-0.2, -0.15) is 0 Å². The van der Waals surface area contributed by atoms with Crippen LogP contribution in [0.4, 0.5) is 0 Å². The molecule has 7 nitrogen and oxygen atoms in total. The summed E-state index contributed by atoms with van der Waals surface area (Å²) in [6.07, 6.45) is 1.91. The fourth-order valence-electron chi connectivity index (χ4n) is 4.64. The Labute approximate surface area is 189 Å². The van der Waals surface area contributed by atoms with Crippen LogP contribution in [0.5, 0.6) is 23.0 Å². The van der Waals surface area contributed by atoms with E-state index in [9.17, 15) is 0 Å². The smallest absolute Gasteiger partial charge is 0.231 e. The summed E-state index contributed by atoms with van der Waals surface area (Å²) >= 11 is 0. The van der Waals surface area contributed by atoms with Gasteiger partial charge in [-0.1, -0.05) is 12.1 Å². The fraction of sp³-hybridized carbons (Fsp3) is 0.520. The molecule has 0 radical (unpaired) electrons. The third kappa shape index (κ3) is 4.80. The minimum Gasteiger partial charge on any atom is -0.454 e. The second-order valence-electron chi connectivity index (χ2n) is 8.96. The van der Waals surface area contributed by atoms with Crippen LogP contribution >= 0.6 is 0 Å². The SMILES string of the molecule is CN(C)CCOCC1OC[C@@H](Cc2ccc3c(c2)OCO3)[C@@H]1Cc1ccc2c(c1)OCO2. The lowest BCUT2D eigenvalue weighted by molar-refractivity contribution is -0.00132. The van der Waals surface area contributed by atoms with Gasteiger partial charge in [0.2, 0.25) is 13.6 Å². The molecule has 3 aliphatic rings. The van der Waals surface area contributed by atoms with Gasteiger partial charge in [0.05, 0.1) is 25.9 Å². The molecule has 0 bridgehead atoms. The van der Waals surface area contributed by atoms with Gasteiger partial charge >= 0.3 is 0 Å². The molecule has 0 aliphatic carbocycles. The topological polar surface area (TPSA) is 58.6 Å². The molecule has 1 saturated heterocycles. The summed E-state index contributed by atoms with van der Waals surface area (Å²) in [5.74, 6) is 4.03. The van der Waals surface area contributed by atoms with E-state index in [1.54, 1.807) is 0 Å². The van der Waals surface area contributed by atoms with E-state index in [-0.39, 0.29) is 6.10 Å². The zero-order valence-electron chi connectivity index (χ0n) is 18.7. The van der Waals surface area contributed by atoms with Crippen molar-refractivity contribution in [1.82, 2.24) is 4.90 Å². The highest BCUT2D eigenvalue weighted by Gasteiger charge is 2.37. The normalized spacial score (nSPS) is 23.3. The number of benzene rings is 2. The van der Waals surface area contributed by atoms with Gasteiger partial charge in [-0.25, -0.2) is 0 Å². The van der Waals surface area contributed by atoms with Crippen LogP contribution in [0, 0.1) is 11.8 Å². The van der Waals surface area contributed by atoms with Crippen molar-refractivity contribution in [2.45, 2.75) is 18.9 Å². The molecule has 0 N–H and O–H groups in total. The van der Waals surface area contributed by atoms with Crippen molar-refractivity contribution < 1.29 is 28.4 Å². The average Bonchev–Trinajstić information content (AvgIpc) is 3.51. The summed E-state index contributed by atoms with van der Waals surface area (Å²) < 4.78 is 34.3. The van der Waals surface area contributed by atoms with Crippen molar-refractivity contribution in [3.05, 3.63) is 47.5 Å². The molecular weight excluding hydrogens is 410 g/mol. The van der Waals surface area contributed by atoms with E-state index >= 15 is 0 Å². The van der Waals surface area contributed by atoms with Crippen LogP contribution in [0.25, 0.3) is 0 Å². The second-order valence-corrected chi connectivity index (χ2v) is 8.96. The predicted molar refractivity (Wildman–Crippen MR) is 119 cm³/mol. The van der Waals surface area contributed by atoms with Crippen LogP contribution in [0.3, 0.4) is 0 Å². The summed E-state index contributed by atoms with van der Waals surface area (Å²) in [5.41, 5.74) is 2.48. The molecule has 0 amide bonds. The van der Waals surface area contributed by atoms with Crippen molar-refractivity contribution in [2.24, 2.45) is 11.8 Å². The summed E-state index contributed by atoms with van der Waals surface area (Å²) in [4.78, 5) is 2.13. The first-order valence-corrected chi connectivity index (χ1v) is 11.3. The lowest BCUT2D eigenvalue weighted by Gasteiger charge is -2.24. The van der Waals surface area contributed by atoms with E-state index in [1.807, 2.05) is 12.1 Å². The molecular formula is C25H31NO6. The van der Waals surface area contributed by atoms with E-state index in [1.165, 1.54) is 11.1 Å². The zero-order chi connectivity index (χ0) is 21.9. The van der Waals surface area contributed by atoms with E-state index in [4.69, 9.17) is 28.4 Å². The molecule has 0 saturated carbocycles. The maximum atomic E-state index is 6.26. The van der Waals surface area contributed by atoms with Gasteiger partial charge < -0.3 is 33.3 Å². The average molecular weight is 442 g/mol. The van der Waals surface area contributed by atoms with Gasteiger partial charge in [-0.05, 0) is 74.2 Å². The molecule has 2 aromatic carbocycles. The number of ether oxygens (including phenoxy) is 6. The molecule has 1 fully saturated rings. The fourth-order valence-corrected chi connectivity index (χ4v) is 4.64. The summed E-state index contributed by atoms with van der Waals surface area (Å²) in [6, 6.07) is 12.5. The number of hydrogen-bond donors (Lipinski definition) is 0. The van der Waals surface area contributed by atoms with Crippen LogP contribution in [-0.2, 0) is 22.3 Å². The number of hydrogen-bond acceptors (Lipinski definition) is 7. The minimum absolute atomic E-state index is 0.0709. The van der Waals surface area contributed by atoms with Crippen molar-refractivity contribution in [1.29, 1.82) is 0 Å². The zero-order valence-corrected chi connectivity index (χ0v) is 18.7. The molecule has 3 atom stereocenters. The summed E-state index contributed by atoms with van der Waals surface area (Å²) in [7, 11) is 4.11. The molecule has 172 valence electrons. The Morgan fingerprint density at radius 2 is 1.47 bits per heavy atom. The second kappa shape index (κ2) is 9.57. The van der Waals surface area contributed by atoms with Crippen molar-refractivity contribution in [3.8, 4) is 23.0 Å². The van der Waals surface area contributed by atoms with Crippen LogP contribution in [-0.4, -0.2) is 65.1 Å². The van der Waals surface area contributed by atoms with E-state index in [2.05, 4.69) is 43.3 Å². The Morgan fingerprint density at radius 3 is 2.12 bits per heavy atom. The third-order valence-electron chi connectivity index (χ3n) is 6.42. The Balaban J connectivity index is 1.29. The van der Waals surface area contributed by atoms with Crippen molar-refractivity contribution >= 4 is 0 Å². The molecule has 3 aliphatic heterocycles. The molecule has 5 rings (SSSR count). The molecule has 2 aromatic rings. The Kier molecular flexibility index (Phi) is 6.39. The Morgan fingerprint density at radius 1 is 0.844 bits per heavy atom. The summed E-state index contributed by atoms with van der Waals surface area (Å²) in [6.45, 7) is 3.54. The largest absolute Gasteiger partial charge is 0.454 e. The van der Waals surface area contributed by atoms with Gasteiger partial charge in [0.15, 0.2) is 23.0 Å². The molecule has 0 spiro atoms. The number of fused-ring (bicyclic) bond motifs is 2. The van der Waals surface area contributed by atoms with Crippen molar-refractivity contribution in [3.63, 3.8) is 0 Å². The van der Waals surface area contributed by atoms with E-state index < -0.39 is 0 Å². The molecule has 0 aromatic heterocycles. The third-order valence-corrected chi connectivity index (χ3v) is 6.42. The van der Waals surface area contributed by atoms with Crippen LogP contribution in [0.15, 0.2) is 36.4 Å². The standard InChI is InChI=1S/C25H31NO6/c1-26(2)7-8-27-14-25-20(10-18-4-6-22-24(12-18)32-16-30-22)19(13-28-25)9-17-3-5-21-23(11-17)31-15-29-21/h3-6,11-12,19-20,25H,7-10,13-16H2,1-2H3/t19-,20+,25?/m1/s1. The summed E-state index contributed by atoms with van der Waals surface area (Å²) in [5, 5.41) is 0. The number of likely N-dealkylation sites (N-methyl/N-ethyl adjacent to an activating group) is 1. The first-order valence-electron chi connectivity index (χ1n) is 11.3. The highest BCUT2D eigenvalue weighted by molar-refractivity contribution is 5.45. The van der Waals surface area contributed by atoms with Crippen LogP contribution < -0.4 is 18.9 Å². The molecule has 32 heavy (non-hydrogen) atoms. The van der Waals surface area contributed by atoms with Gasteiger partial charge in [0.25, 0.3) is 0 Å². The van der Waals surface area contributed by atoms with Crippen LogP contribution in [0.2, 0.25) is 0 Å². The van der Waals surface area contributed by atoms with Gasteiger partial charge in [0.1, 0.15) is 0 Å². The quantitative estimate of drug-likeness (QED) is 0.554. The lowest BCUT2D eigenvalue weighted by atomic mass is 9.82. The van der Waals surface area contributed by atoms with Crippen LogP contribution in [0.1, 0.15) is 11.1 Å². The van der Waals surface area contributed by atoms with E-state index in [0.29, 0.717) is 38.6 Å². The molecule has 7 heteroatoms. The monoisotopic (exact) mass is 441 g/mol. The maximum Gasteiger partial charge on any atom is 0.231 e.